The van der Waals surface area contributed by atoms with Crippen LogP contribution in [0.5, 0.6) is 0 Å². The van der Waals surface area contributed by atoms with Crippen LogP contribution in [0.2, 0.25) is 0 Å². The first-order valence-electron chi connectivity index (χ1n) is 7.97. The minimum absolute atomic E-state index is 0.0860. The maximum atomic E-state index is 12.6. The van der Waals surface area contributed by atoms with Crippen molar-refractivity contribution >= 4 is 17.4 Å². The Bertz CT molecular complexity index is 888. The third-order valence-corrected chi connectivity index (χ3v) is 4.17. The average Bonchev–Trinajstić information content (AvgIpc) is 3.29. The number of hydrogen-bond donors (Lipinski definition) is 1. The number of methoxy groups -OCH3 is 1. The molecule has 3 aromatic heterocycles. The van der Waals surface area contributed by atoms with E-state index in [1.54, 1.807) is 28.8 Å². The largest absolute Gasteiger partial charge is 0.383 e. The van der Waals surface area contributed by atoms with E-state index in [0.29, 0.717) is 31.9 Å². The lowest BCUT2D eigenvalue weighted by molar-refractivity contribution is -0.124. The molecule has 0 fully saturated rings. The van der Waals surface area contributed by atoms with Crippen molar-refractivity contribution in [1.29, 1.82) is 0 Å². The molecule has 1 aliphatic heterocycles. The Morgan fingerprint density at radius 2 is 2.32 bits per heavy atom. The Morgan fingerprint density at radius 3 is 3.20 bits per heavy atom. The van der Waals surface area contributed by atoms with Gasteiger partial charge in [-0.1, -0.05) is 0 Å². The molecule has 1 N–H and O–H groups in total. The summed E-state index contributed by atoms with van der Waals surface area (Å²) in [4.78, 5) is 14.6. The fraction of sp³-hybridized carbons (Fsp3) is 0.400. The number of nitrogens with one attached hydrogen (secondary N) is 1. The minimum atomic E-state index is -0.422. The third kappa shape index (κ3) is 2.91. The zero-order chi connectivity index (χ0) is 17.2. The molecule has 130 valence electrons. The molecule has 0 bridgehead atoms. The number of hydrogen-bond acceptors (Lipinski definition) is 7. The Morgan fingerprint density at radius 1 is 1.40 bits per heavy atom. The molecule has 0 saturated heterocycles. The SMILES string of the molecule is COCCNC(=O)[C@@H]1CN(c2ccc3nncn3n2)Cc2ccnn21. The quantitative estimate of drug-likeness (QED) is 0.632. The molecule has 10 heteroatoms. The molecule has 4 rings (SSSR count). The van der Waals surface area contributed by atoms with Gasteiger partial charge in [-0.05, 0) is 18.2 Å². The van der Waals surface area contributed by atoms with Gasteiger partial charge in [0.25, 0.3) is 0 Å². The van der Waals surface area contributed by atoms with Crippen LogP contribution in [0, 0.1) is 0 Å². The summed E-state index contributed by atoms with van der Waals surface area (Å²) in [6.07, 6.45) is 3.27. The van der Waals surface area contributed by atoms with Gasteiger partial charge in [-0.15, -0.1) is 15.3 Å². The van der Waals surface area contributed by atoms with Crippen LogP contribution in [0.1, 0.15) is 11.7 Å². The smallest absolute Gasteiger partial charge is 0.246 e. The summed E-state index contributed by atoms with van der Waals surface area (Å²) in [5.41, 5.74) is 1.64. The predicted molar refractivity (Wildman–Crippen MR) is 88.0 cm³/mol. The molecule has 0 aliphatic carbocycles. The highest BCUT2D eigenvalue weighted by Crippen LogP contribution is 2.24. The van der Waals surface area contributed by atoms with E-state index in [1.165, 1.54) is 0 Å². The van der Waals surface area contributed by atoms with Crippen LogP contribution < -0.4 is 10.2 Å². The maximum absolute atomic E-state index is 12.6. The number of nitrogens with zero attached hydrogens (tertiary/aromatic N) is 7. The summed E-state index contributed by atoms with van der Waals surface area (Å²) in [5.74, 6) is 0.673. The highest BCUT2D eigenvalue weighted by atomic mass is 16.5. The number of carbonyl (C=O) groups is 1. The number of ether oxygens (including phenoxy) is 1. The van der Waals surface area contributed by atoms with Crippen LogP contribution in [0.3, 0.4) is 0 Å². The van der Waals surface area contributed by atoms with Crippen molar-refractivity contribution in [3.8, 4) is 0 Å². The Hall–Kier alpha value is -3.01. The lowest BCUT2D eigenvalue weighted by atomic mass is 10.1. The monoisotopic (exact) mass is 342 g/mol. The first-order chi connectivity index (χ1) is 12.3. The van der Waals surface area contributed by atoms with Crippen LogP contribution in [-0.4, -0.2) is 62.3 Å². The van der Waals surface area contributed by atoms with Crippen molar-refractivity contribution in [3.05, 3.63) is 36.4 Å². The summed E-state index contributed by atoms with van der Waals surface area (Å²) in [6.45, 7) is 2.05. The van der Waals surface area contributed by atoms with Crippen LogP contribution in [0.15, 0.2) is 30.7 Å². The summed E-state index contributed by atoms with van der Waals surface area (Å²) < 4.78 is 8.38. The van der Waals surface area contributed by atoms with E-state index in [0.717, 1.165) is 11.5 Å². The number of anilines is 1. The van der Waals surface area contributed by atoms with Gasteiger partial charge in [-0.2, -0.15) is 9.61 Å². The summed E-state index contributed by atoms with van der Waals surface area (Å²) in [6, 6.07) is 5.23. The second kappa shape index (κ2) is 6.48. The molecule has 1 aliphatic rings. The van der Waals surface area contributed by atoms with E-state index >= 15 is 0 Å². The molecule has 0 radical (unpaired) electrons. The molecule has 0 unspecified atom stereocenters. The van der Waals surface area contributed by atoms with E-state index in [2.05, 4.69) is 30.6 Å². The predicted octanol–water partition coefficient (Wildman–Crippen LogP) is -0.355. The molecule has 0 aromatic carbocycles. The highest BCUT2D eigenvalue weighted by molar-refractivity contribution is 5.81. The van der Waals surface area contributed by atoms with Gasteiger partial charge in [0.05, 0.1) is 25.4 Å². The third-order valence-electron chi connectivity index (χ3n) is 4.17. The normalized spacial score (nSPS) is 16.8. The fourth-order valence-electron chi connectivity index (χ4n) is 2.94. The zero-order valence-electron chi connectivity index (χ0n) is 13.7. The fourth-order valence-corrected chi connectivity index (χ4v) is 2.94. The van der Waals surface area contributed by atoms with Crippen molar-refractivity contribution in [2.24, 2.45) is 0 Å². The van der Waals surface area contributed by atoms with Gasteiger partial charge in [-0.3, -0.25) is 9.48 Å². The van der Waals surface area contributed by atoms with Crippen LogP contribution in [0.25, 0.3) is 5.65 Å². The van der Waals surface area contributed by atoms with Crippen molar-refractivity contribution in [1.82, 2.24) is 34.9 Å². The van der Waals surface area contributed by atoms with E-state index in [1.807, 2.05) is 18.2 Å². The van der Waals surface area contributed by atoms with Crippen LogP contribution in [-0.2, 0) is 16.1 Å². The van der Waals surface area contributed by atoms with Gasteiger partial charge in [0, 0.05) is 19.9 Å². The Balaban J connectivity index is 1.59. The molecule has 4 heterocycles. The summed E-state index contributed by atoms with van der Waals surface area (Å²) in [5, 5.41) is 19.5. The van der Waals surface area contributed by atoms with Gasteiger partial charge in [0.2, 0.25) is 5.91 Å². The lowest BCUT2D eigenvalue weighted by Crippen LogP contribution is -2.46. The van der Waals surface area contributed by atoms with Crippen molar-refractivity contribution in [2.75, 3.05) is 31.7 Å². The molecule has 1 amide bonds. The Kier molecular flexibility index (Phi) is 4.02. The van der Waals surface area contributed by atoms with Crippen molar-refractivity contribution in [2.45, 2.75) is 12.6 Å². The summed E-state index contributed by atoms with van der Waals surface area (Å²) in [7, 11) is 1.60. The Labute approximate surface area is 143 Å². The number of aromatic nitrogens is 6. The van der Waals surface area contributed by atoms with E-state index < -0.39 is 6.04 Å². The second-order valence-corrected chi connectivity index (χ2v) is 5.77. The molecular weight excluding hydrogens is 324 g/mol. The van der Waals surface area contributed by atoms with Gasteiger partial charge >= 0.3 is 0 Å². The van der Waals surface area contributed by atoms with Gasteiger partial charge in [0.15, 0.2) is 5.65 Å². The molecule has 1 atom stereocenters. The van der Waals surface area contributed by atoms with Crippen molar-refractivity contribution in [3.63, 3.8) is 0 Å². The minimum Gasteiger partial charge on any atom is -0.383 e. The average molecular weight is 342 g/mol. The summed E-state index contributed by atoms with van der Waals surface area (Å²) >= 11 is 0. The molecule has 0 saturated carbocycles. The van der Waals surface area contributed by atoms with Gasteiger partial charge < -0.3 is 15.0 Å². The van der Waals surface area contributed by atoms with E-state index in [4.69, 9.17) is 4.74 Å². The zero-order valence-corrected chi connectivity index (χ0v) is 13.7. The number of carbonyl (C=O) groups excluding carboxylic acids is 1. The first kappa shape index (κ1) is 15.5. The molecule has 25 heavy (non-hydrogen) atoms. The first-order valence-corrected chi connectivity index (χ1v) is 7.97. The lowest BCUT2D eigenvalue weighted by Gasteiger charge is -2.33. The van der Waals surface area contributed by atoms with E-state index in [9.17, 15) is 4.79 Å². The second-order valence-electron chi connectivity index (χ2n) is 5.77. The number of fused-ring (bicyclic) bond motifs is 2. The maximum Gasteiger partial charge on any atom is 0.246 e. The van der Waals surface area contributed by atoms with Crippen molar-refractivity contribution < 1.29 is 9.53 Å². The highest BCUT2D eigenvalue weighted by Gasteiger charge is 2.31. The van der Waals surface area contributed by atoms with Gasteiger partial charge in [-0.25, -0.2) is 0 Å². The topological polar surface area (TPSA) is 102 Å². The molecule has 3 aromatic rings. The molecule has 0 spiro atoms. The standard InChI is InChI=1S/C15H18N8O2/c1-25-7-6-16-15(24)12-9-21(8-11-4-5-18-23(11)12)14-3-2-13-19-17-10-22(13)20-14/h2-5,10,12H,6-9H2,1H3,(H,16,24)/t12-/m0/s1. The van der Waals surface area contributed by atoms with E-state index in [-0.39, 0.29) is 5.91 Å². The van der Waals surface area contributed by atoms with Crippen LogP contribution >= 0.6 is 0 Å². The number of amides is 1. The van der Waals surface area contributed by atoms with Crippen LogP contribution in [0.4, 0.5) is 5.82 Å². The number of rotatable bonds is 5. The molecule has 10 nitrogen and oxygen atoms in total. The van der Waals surface area contributed by atoms with Gasteiger partial charge in [0.1, 0.15) is 18.2 Å². The molecular formula is C15H18N8O2.